The van der Waals surface area contributed by atoms with Gasteiger partial charge in [-0.3, -0.25) is 4.79 Å². The highest BCUT2D eigenvalue weighted by molar-refractivity contribution is 9.10. The minimum atomic E-state index is -3.03. The molecule has 0 spiro atoms. The van der Waals surface area contributed by atoms with Gasteiger partial charge < -0.3 is 18.9 Å². The van der Waals surface area contributed by atoms with E-state index in [1.54, 1.807) is 24.3 Å². The summed E-state index contributed by atoms with van der Waals surface area (Å²) in [5.74, 6) is 0.250. The number of carbonyl (C=O) groups is 1. The summed E-state index contributed by atoms with van der Waals surface area (Å²) >= 11 is 3.33. The lowest BCUT2D eigenvalue weighted by atomic mass is 9.98. The molecule has 0 atom stereocenters. The first kappa shape index (κ1) is 19.2. The van der Waals surface area contributed by atoms with Gasteiger partial charge in [-0.2, -0.15) is 8.78 Å². The second-order valence-corrected chi connectivity index (χ2v) is 6.48. The largest absolute Gasteiger partial charge is 0.493 e. The van der Waals surface area contributed by atoms with E-state index in [0.29, 0.717) is 22.4 Å². The molecule has 1 heterocycles. The number of hydrogen-bond acceptors (Lipinski definition) is 5. The van der Waals surface area contributed by atoms with Gasteiger partial charge in [-0.1, -0.05) is 15.9 Å². The molecule has 0 bridgehead atoms. The third kappa shape index (κ3) is 4.05. The van der Waals surface area contributed by atoms with Crippen LogP contribution in [0.3, 0.4) is 0 Å². The number of ether oxygens (including phenoxy) is 4. The Morgan fingerprint density at radius 1 is 1.15 bits per heavy atom. The summed E-state index contributed by atoms with van der Waals surface area (Å²) < 4.78 is 46.4. The highest BCUT2D eigenvalue weighted by Gasteiger charge is 2.24. The van der Waals surface area contributed by atoms with Gasteiger partial charge in [0.05, 0.1) is 19.8 Å². The Morgan fingerprint density at radius 2 is 1.81 bits per heavy atom. The zero-order chi connectivity index (χ0) is 19.6. The van der Waals surface area contributed by atoms with Crippen LogP contribution in [0.4, 0.5) is 8.78 Å². The highest BCUT2D eigenvalue weighted by Crippen LogP contribution is 2.40. The van der Waals surface area contributed by atoms with E-state index in [-0.39, 0.29) is 29.6 Å². The van der Waals surface area contributed by atoms with Crippen molar-refractivity contribution in [2.75, 3.05) is 20.8 Å². The maximum Gasteiger partial charge on any atom is 0.387 e. The van der Waals surface area contributed by atoms with Gasteiger partial charge in [-0.05, 0) is 42.0 Å². The SMILES string of the molecule is COc1cc(/C=C2\COc3ccc(Br)cc3C2=O)cc(OC)c1OC(F)F. The lowest BCUT2D eigenvalue weighted by Crippen LogP contribution is -2.19. The fraction of sp³-hybridized carbons (Fsp3) is 0.211. The van der Waals surface area contributed by atoms with Gasteiger partial charge in [0.1, 0.15) is 12.4 Å². The van der Waals surface area contributed by atoms with Crippen molar-refractivity contribution in [3.8, 4) is 23.0 Å². The van der Waals surface area contributed by atoms with Crippen molar-refractivity contribution < 1.29 is 32.5 Å². The standard InChI is InChI=1S/C19H15BrF2O5/c1-24-15-6-10(7-16(25-2)18(15)27-19(21)22)5-11-9-26-14-4-3-12(20)8-13(14)17(11)23/h3-8,19H,9H2,1-2H3/b11-5+. The fourth-order valence-electron chi connectivity index (χ4n) is 2.70. The molecule has 0 aromatic heterocycles. The number of halogens is 3. The molecular weight excluding hydrogens is 426 g/mol. The van der Waals surface area contributed by atoms with E-state index in [0.717, 1.165) is 4.47 Å². The molecule has 27 heavy (non-hydrogen) atoms. The molecule has 3 rings (SSSR count). The Balaban J connectivity index is 2.01. The van der Waals surface area contributed by atoms with Crippen LogP contribution in [-0.4, -0.2) is 33.2 Å². The van der Waals surface area contributed by atoms with Crippen LogP contribution in [0, 0.1) is 0 Å². The van der Waals surface area contributed by atoms with Crippen LogP contribution in [-0.2, 0) is 0 Å². The molecule has 0 saturated carbocycles. The molecule has 0 unspecified atom stereocenters. The van der Waals surface area contributed by atoms with Crippen molar-refractivity contribution in [1.82, 2.24) is 0 Å². The van der Waals surface area contributed by atoms with E-state index >= 15 is 0 Å². The minimum absolute atomic E-state index is 0.0637. The van der Waals surface area contributed by atoms with Gasteiger partial charge >= 0.3 is 6.61 Å². The van der Waals surface area contributed by atoms with Gasteiger partial charge in [0.15, 0.2) is 17.3 Å². The Morgan fingerprint density at radius 3 is 2.41 bits per heavy atom. The smallest absolute Gasteiger partial charge is 0.387 e. The zero-order valence-corrected chi connectivity index (χ0v) is 16.0. The molecular formula is C19H15BrF2O5. The lowest BCUT2D eigenvalue weighted by Gasteiger charge is -2.19. The maximum absolute atomic E-state index is 12.7. The zero-order valence-electron chi connectivity index (χ0n) is 14.4. The van der Waals surface area contributed by atoms with Crippen molar-refractivity contribution in [3.05, 3.63) is 51.5 Å². The van der Waals surface area contributed by atoms with Gasteiger partial charge in [-0.15, -0.1) is 0 Å². The lowest BCUT2D eigenvalue weighted by molar-refractivity contribution is -0.0526. The van der Waals surface area contributed by atoms with Crippen molar-refractivity contribution in [3.63, 3.8) is 0 Å². The molecule has 0 fully saturated rings. The molecule has 0 radical (unpaired) electrons. The van der Waals surface area contributed by atoms with Gasteiger partial charge in [0, 0.05) is 10.0 Å². The van der Waals surface area contributed by atoms with Crippen LogP contribution < -0.4 is 18.9 Å². The molecule has 0 amide bonds. The Hall–Kier alpha value is -2.61. The summed E-state index contributed by atoms with van der Waals surface area (Å²) in [6.07, 6.45) is 1.60. The summed E-state index contributed by atoms with van der Waals surface area (Å²) in [6.45, 7) is -2.94. The number of Topliss-reactive ketones (excluding diaryl/α,β-unsaturated/α-hetero) is 1. The predicted octanol–water partition coefficient (Wildman–Crippen LogP) is 4.73. The molecule has 142 valence electrons. The highest BCUT2D eigenvalue weighted by atomic mass is 79.9. The summed E-state index contributed by atoms with van der Waals surface area (Å²) in [5, 5.41) is 0. The first-order chi connectivity index (χ1) is 12.9. The summed E-state index contributed by atoms with van der Waals surface area (Å²) in [5.41, 5.74) is 1.38. The van der Waals surface area contributed by atoms with Crippen molar-refractivity contribution in [2.24, 2.45) is 0 Å². The Bertz CT molecular complexity index is 886. The number of rotatable bonds is 5. The number of ketones is 1. The fourth-order valence-corrected chi connectivity index (χ4v) is 3.06. The Labute approximate surface area is 162 Å². The monoisotopic (exact) mass is 440 g/mol. The van der Waals surface area contributed by atoms with E-state index < -0.39 is 6.61 Å². The molecule has 2 aromatic rings. The predicted molar refractivity (Wildman–Crippen MR) is 98.1 cm³/mol. The molecule has 1 aliphatic heterocycles. The van der Waals surface area contributed by atoms with Crippen LogP contribution in [0.5, 0.6) is 23.0 Å². The molecule has 2 aromatic carbocycles. The summed E-state index contributed by atoms with van der Waals surface area (Å²) in [7, 11) is 2.65. The second kappa shape index (κ2) is 7.96. The number of carbonyl (C=O) groups excluding carboxylic acids is 1. The molecule has 5 nitrogen and oxygen atoms in total. The summed E-state index contributed by atoms with van der Waals surface area (Å²) in [6, 6.07) is 8.16. The number of methoxy groups -OCH3 is 2. The number of fused-ring (bicyclic) bond motifs is 1. The average Bonchev–Trinajstić information content (AvgIpc) is 2.64. The van der Waals surface area contributed by atoms with Crippen molar-refractivity contribution in [1.29, 1.82) is 0 Å². The third-order valence-electron chi connectivity index (χ3n) is 3.89. The van der Waals surface area contributed by atoms with Crippen LogP contribution in [0.25, 0.3) is 6.08 Å². The first-order valence-corrected chi connectivity index (χ1v) is 8.60. The normalized spacial score (nSPS) is 14.7. The number of benzene rings is 2. The molecule has 8 heteroatoms. The van der Waals surface area contributed by atoms with E-state index in [1.807, 2.05) is 0 Å². The van der Waals surface area contributed by atoms with Gasteiger partial charge in [-0.25, -0.2) is 0 Å². The minimum Gasteiger partial charge on any atom is -0.493 e. The van der Waals surface area contributed by atoms with Crippen molar-refractivity contribution in [2.45, 2.75) is 6.61 Å². The molecule has 0 saturated heterocycles. The number of hydrogen-bond donors (Lipinski definition) is 0. The van der Waals surface area contributed by atoms with E-state index in [4.69, 9.17) is 14.2 Å². The topological polar surface area (TPSA) is 54.0 Å². The van der Waals surface area contributed by atoms with E-state index in [1.165, 1.54) is 26.4 Å². The molecule has 0 N–H and O–H groups in total. The maximum atomic E-state index is 12.7. The van der Waals surface area contributed by atoms with Crippen LogP contribution in [0.1, 0.15) is 15.9 Å². The van der Waals surface area contributed by atoms with E-state index in [2.05, 4.69) is 20.7 Å². The third-order valence-corrected chi connectivity index (χ3v) is 4.39. The first-order valence-electron chi connectivity index (χ1n) is 7.81. The van der Waals surface area contributed by atoms with Crippen molar-refractivity contribution >= 4 is 27.8 Å². The van der Waals surface area contributed by atoms with Crippen LogP contribution in [0.15, 0.2) is 40.4 Å². The quantitative estimate of drug-likeness (QED) is 0.629. The molecule has 0 aliphatic carbocycles. The van der Waals surface area contributed by atoms with Crippen LogP contribution in [0.2, 0.25) is 0 Å². The molecule has 1 aliphatic rings. The van der Waals surface area contributed by atoms with E-state index in [9.17, 15) is 13.6 Å². The van der Waals surface area contributed by atoms with Gasteiger partial charge in [0.2, 0.25) is 5.75 Å². The summed E-state index contributed by atoms with van der Waals surface area (Å²) in [4.78, 5) is 12.7. The number of alkyl halides is 2. The van der Waals surface area contributed by atoms with Gasteiger partial charge in [0.25, 0.3) is 0 Å². The van der Waals surface area contributed by atoms with Crippen LogP contribution >= 0.6 is 15.9 Å². The average molecular weight is 441 g/mol. The second-order valence-electron chi connectivity index (χ2n) is 5.56. The Kier molecular flexibility index (Phi) is 5.65.